The summed E-state index contributed by atoms with van der Waals surface area (Å²) >= 11 is 1.67. The molecule has 1 fully saturated rings. The van der Waals surface area contributed by atoms with E-state index in [0.29, 0.717) is 24.9 Å². The molecule has 1 aromatic rings. The van der Waals surface area contributed by atoms with Gasteiger partial charge in [0.15, 0.2) is 0 Å². The molecule has 2 rings (SSSR count). The summed E-state index contributed by atoms with van der Waals surface area (Å²) in [6.07, 6.45) is 7.04. The number of carbonyl (C=O) groups is 1. The molecule has 4 nitrogen and oxygen atoms in total. The minimum absolute atomic E-state index is 0. The lowest BCUT2D eigenvalue weighted by molar-refractivity contribution is -0.122. The van der Waals surface area contributed by atoms with Crippen LogP contribution in [0.1, 0.15) is 49.2 Å². The Morgan fingerprint density at radius 2 is 2.14 bits per heavy atom. The van der Waals surface area contributed by atoms with Crippen molar-refractivity contribution in [2.75, 3.05) is 6.54 Å². The molecule has 1 saturated carbocycles. The van der Waals surface area contributed by atoms with Crippen molar-refractivity contribution < 1.29 is 4.79 Å². The molecule has 0 spiro atoms. The highest BCUT2D eigenvalue weighted by atomic mass is 35.5. The van der Waals surface area contributed by atoms with Gasteiger partial charge in [-0.15, -0.1) is 36.2 Å². The Bertz CT molecular complexity index is 442. The zero-order valence-corrected chi connectivity index (χ0v) is 15.5. The lowest BCUT2D eigenvalue weighted by Crippen LogP contribution is -2.44. The molecule has 3 N–H and O–H groups in total. The first kappa shape index (κ1) is 21.6. The number of halogens is 2. The second-order valence-corrected chi connectivity index (χ2v) is 6.73. The van der Waals surface area contributed by atoms with Crippen LogP contribution in [-0.4, -0.2) is 23.5 Å². The highest BCUT2D eigenvalue weighted by Gasteiger charge is 2.24. The number of nitrogens with zero attached hydrogens (tertiary/aromatic N) is 1. The van der Waals surface area contributed by atoms with Crippen LogP contribution in [0.2, 0.25) is 0 Å². The number of nitrogens with one attached hydrogen (secondary N) is 1. The lowest BCUT2D eigenvalue weighted by atomic mass is 9.84. The van der Waals surface area contributed by atoms with Gasteiger partial charge in [0.25, 0.3) is 0 Å². The summed E-state index contributed by atoms with van der Waals surface area (Å²) < 4.78 is 0. The van der Waals surface area contributed by atoms with E-state index >= 15 is 0 Å². The predicted molar refractivity (Wildman–Crippen MR) is 97.2 cm³/mol. The Hall–Kier alpha value is -0.360. The van der Waals surface area contributed by atoms with Crippen molar-refractivity contribution >= 4 is 42.1 Å². The first-order valence-electron chi connectivity index (χ1n) is 7.59. The Morgan fingerprint density at radius 1 is 1.41 bits per heavy atom. The summed E-state index contributed by atoms with van der Waals surface area (Å²) in [5.74, 6) is 0.635. The standard InChI is InChI=1S/C15H25N3OS.2ClH/c1-11-17-13(10-20-11)6-4-8-15(19)18-14-7-3-2-5-12(14)9-16;;/h10,12,14H,2-9,16H2,1H3,(H,18,19);2*1H. The third kappa shape index (κ3) is 6.82. The van der Waals surface area contributed by atoms with Gasteiger partial charge in [0.05, 0.1) is 10.7 Å². The molecule has 2 unspecified atom stereocenters. The van der Waals surface area contributed by atoms with Crippen molar-refractivity contribution in [2.45, 2.75) is 57.9 Å². The van der Waals surface area contributed by atoms with E-state index in [1.54, 1.807) is 11.3 Å². The molecule has 0 bridgehead atoms. The smallest absolute Gasteiger partial charge is 0.220 e. The normalized spacial score (nSPS) is 20.6. The highest BCUT2D eigenvalue weighted by Crippen LogP contribution is 2.23. The second kappa shape index (κ2) is 11.2. The van der Waals surface area contributed by atoms with E-state index in [1.165, 1.54) is 12.8 Å². The predicted octanol–water partition coefficient (Wildman–Crippen LogP) is 3.25. The van der Waals surface area contributed by atoms with Gasteiger partial charge in [0.2, 0.25) is 5.91 Å². The molecule has 1 aromatic heterocycles. The van der Waals surface area contributed by atoms with E-state index in [0.717, 1.165) is 36.4 Å². The molecular weight excluding hydrogens is 341 g/mol. The first-order chi connectivity index (χ1) is 9.69. The van der Waals surface area contributed by atoms with Crippen LogP contribution in [0.15, 0.2) is 5.38 Å². The number of amides is 1. The van der Waals surface area contributed by atoms with Gasteiger partial charge >= 0.3 is 0 Å². The molecule has 1 aliphatic carbocycles. The molecule has 0 aromatic carbocycles. The van der Waals surface area contributed by atoms with E-state index in [4.69, 9.17) is 5.73 Å². The third-order valence-electron chi connectivity index (χ3n) is 4.06. The minimum Gasteiger partial charge on any atom is -0.353 e. The molecule has 0 radical (unpaired) electrons. The Morgan fingerprint density at radius 3 is 2.77 bits per heavy atom. The van der Waals surface area contributed by atoms with Gasteiger partial charge in [-0.05, 0) is 45.1 Å². The molecule has 7 heteroatoms. The summed E-state index contributed by atoms with van der Waals surface area (Å²) in [5, 5.41) is 6.35. The van der Waals surface area contributed by atoms with Crippen molar-refractivity contribution in [1.82, 2.24) is 10.3 Å². The summed E-state index contributed by atoms with van der Waals surface area (Å²) in [7, 11) is 0. The van der Waals surface area contributed by atoms with Gasteiger partial charge < -0.3 is 11.1 Å². The molecule has 2 atom stereocenters. The number of rotatable bonds is 6. The molecule has 0 aliphatic heterocycles. The number of thiazole rings is 1. The summed E-state index contributed by atoms with van der Waals surface area (Å²) in [5.41, 5.74) is 6.90. The minimum atomic E-state index is 0. The quantitative estimate of drug-likeness (QED) is 0.810. The number of hydrogen-bond acceptors (Lipinski definition) is 4. The molecule has 22 heavy (non-hydrogen) atoms. The van der Waals surface area contributed by atoms with Gasteiger partial charge in [0.1, 0.15) is 0 Å². The zero-order chi connectivity index (χ0) is 14.4. The van der Waals surface area contributed by atoms with Crippen molar-refractivity contribution in [2.24, 2.45) is 11.7 Å². The van der Waals surface area contributed by atoms with Gasteiger partial charge in [0, 0.05) is 17.8 Å². The molecule has 1 amide bonds. The molecule has 1 heterocycles. The maximum Gasteiger partial charge on any atom is 0.220 e. The number of nitrogens with two attached hydrogens (primary N) is 1. The van der Waals surface area contributed by atoms with E-state index in [2.05, 4.69) is 15.7 Å². The Labute approximate surface area is 149 Å². The van der Waals surface area contributed by atoms with Crippen molar-refractivity contribution in [3.05, 3.63) is 16.1 Å². The fourth-order valence-corrected chi connectivity index (χ4v) is 3.56. The highest BCUT2D eigenvalue weighted by molar-refractivity contribution is 7.09. The molecular formula is C15H27Cl2N3OS. The van der Waals surface area contributed by atoms with E-state index < -0.39 is 0 Å². The van der Waals surface area contributed by atoms with Crippen LogP contribution >= 0.6 is 36.2 Å². The van der Waals surface area contributed by atoms with Crippen LogP contribution in [0.25, 0.3) is 0 Å². The summed E-state index contributed by atoms with van der Waals surface area (Å²) in [4.78, 5) is 16.4. The summed E-state index contributed by atoms with van der Waals surface area (Å²) in [6, 6.07) is 0.294. The number of aryl methyl sites for hydroxylation is 2. The number of aromatic nitrogens is 1. The molecule has 0 saturated heterocycles. The average Bonchev–Trinajstić information content (AvgIpc) is 2.85. The van der Waals surface area contributed by atoms with Crippen LogP contribution in [0, 0.1) is 12.8 Å². The topological polar surface area (TPSA) is 68.0 Å². The van der Waals surface area contributed by atoms with Gasteiger partial charge in [-0.1, -0.05) is 12.8 Å². The molecule has 128 valence electrons. The number of carbonyl (C=O) groups excluding carboxylic acids is 1. The average molecular weight is 368 g/mol. The van der Waals surface area contributed by atoms with Gasteiger partial charge in [-0.3, -0.25) is 4.79 Å². The Kier molecular flexibility index (Phi) is 11.0. The maximum absolute atomic E-state index is 12.0. The van der Waals surface area contributed by atoms with Crippen LogP contribution < -0.4 is 11.1 Å². The van der Waals surface area contributed by atoms with Crippen molar-refractivity contribution in [3.63, 3.8) is 0 Å². The van der Waals surface area contributed by atoms with Crippen molar-refractivity contribution in [3.8, 4) is 0 Å². The third-order valence-corrected chi connectivity index (χ3v) is 4.88. The zero-order valence-electron chi connectivity index (χ0n) is 13.0. The maximum atomic E-state index is 12.0. The summed E-state index contributed by atoms with van der Waals surface area (Å²) in [6.45, 7) is 2.69. The van der Waals surface area contributed by atoms with Gasteiger partial charge in [-0.2, -0.15) is 0 Å². The fraction of sp³-hybridized carbons (Fsp3) is 0.733. The van der Waals surface area contributed by atoms with Crippen LogP contribution in [0.4, 0.5) is 0 Å². The largest absolute Gasteiger partial charge is 0.353 e. The van der Waals surface area contributed by atoms with E-state index in [-0.39, 0.29) is 30.7 Å². The molecule has 1 aliphatic rings. The van der Waals surface area contributed by atoms with Crippen LogP contribution in [-0.2, 0) is 11.2 Å². The van der Waals surface area contributed by atoms with E-state index in [9.17, 15) is 4.79 Å². The fourth-order valence-electron chi connectivity index (χ4n) is 2.91. The van der Waals surface area contributed by atoms with E-state index in [1.807, 2.05) is 6.92 Å². The van der Waals surface area contributed by atoms with Crippen molar-refractivity contribution in [1.29, 1.82) is 0 Å². The van der Waals surface area contributed by atoms with Crippen LogP contribution in [0.5, 0.6) is 0 Å². The lowest BCUT2D eigenvalue weighted by Gasteiger charge is -2.31. The second-order valence-electron chi connectivity index (χ2n) is 5.67. The first-order valence-corrected chi connectivity index (χ1v) is 8.47. The monoisotopic (exact) mass is 367 g/mol. The van der Waals surface area contributed by atoms with Gasteiger partial charge in [-0.25, -0.2) is 4.98 Å². The SMILES string of the molecule is Cc1nc(CCCC(=O)NC2CCCCC2CN)cs1.Cl.Cl. The van der Waals surface area contributed by atoms with Crippen LogP contribution in [0.3, 0.4) is 0 Å². The Balaban J connectivity index is 0.00000220. The number of hydrogen-bond donors (Lipinski definition) is 2.